The molecular weight excluding hydrogens is 386 g/mol. The average molecular weight is 398 g/mol. The molecule has 0 fully saturated rings. The van der Waals surface area contributed by atoms with E-state index >= 15 is 0 Å². The fourth-order valence-corrected chi connectivity index (χ4v) is 6.45. The Balaban J connectivity index is 2.52. The first kappa shape index (κ1) is 18.5. The minimum Gasteiger partial charge on any atom is -0.307 e. The summed E-state index contributed by atoms with van der Waals surface area (Å²) in [5.41, 5.74) is -10.6. The molecule has 0 spiro atoms. The van der Waals surface area contributed by atoms with Crippen LogP contribution in [0.4, 0.5) is 17.6 Å². The van der Waals surface area contributed by atoms with Crippen molar-refractivity contribution in [1.82, 2.24) is 0 Å². The van der Waals surface area contributed by atoms with Gasteiger partial charge < -0.3 is 9.05 Å². The zero-order chi connectivity index (χ0) is 18.7. The average Bonchev–Trinajstić information content (AvgIpc) is 2.59. The van der Waals surface area contributed by atoms with Gasteiger partial charge in [-0.1, -0.05) is 24.3 Å². The van der Waals surface area contributed by atoms with Crippen molar-refractivity contribution in [2.24, 2.45) is 0 Å². The number of rotatable bonds is 2. The first-order chi connectivity index (χ1) is 11.5. The van der Waals surface area contributed by atoms with Gasteiger partial charge in [0.05, 0.1) is 0 Å². The van der Waals surface area contributed by atoms with Gasteiger partial charge in [-0.3, -0.25) is 9.13 Å². The third-order valence-electron chi connectivity index (χ3n) is 3.92. The van der Waals surface area contributed by atoms with E-state index in [4.69, 9.17) is 0 Å². The number of hydrogen-bond donors (Lipinski definition) is 0. The highest BCUT2D eigenvalue weighted by Gasteiger charge is 2.66. The molecule has 0 N–H and O–H groups in total. The number of halogens is 4. The zero-order valence-electron chi connectivity index (χ0n) is 12.9. The number of alkyl halides is 4. The van der Waals surface area contributed by atoms with Crippen LogP contribution in [0.25, 0.3) is 10.8 Å². The van der Waals surface area contributed by atoms with E-state index in [1.807, 2.05) is 0 Å². The summed E-state index contributed by atoms with van der Waals surface area (Å²) in [6, 6.07) is 6.84. The van der Waals surface area contributed by atoms with Gasteiger partial charge in [0, 0.05) is 25.3 Å². The molecule has 2 aromatic carbocycles. The molecule has 0 saturated heterocycles. The molecule has 0 aliphatic carbocycles. The van der Waals surface area contributed by atoms with E-state index in [2.05, 4.69) is 13.4 Å². The Bertz CT molecular complexity index is 946. The Kier molecular flexibility index (Phi) is 4.18. The first-order valence-electron chi connectivity index (χ1n) is 6.85. The van der Waals surface area contributed by atoms with Gasteiger partial charge in [-0.25, -0.2) is 4.31 Å². The molecule has 1 aliphatic heterocycles. The molecule has 0 radical (unpaired) electrons. The highest BCUT2D eigenvalue weighted by molar-refractivity contribution is 7.68. The van der Waals surface area contributed by atoms with Gasteiger partial charge in [-0.2, -0.15) is 17.6 Å². The van der Waals surface area contributed by atoms with Crippen LogP contribution in [-0.4, -0.2) is 14.2 Å². The summed E-state index contributed by atoms with van der Waals surface area (Å²) < 4.78 is 97.1. The zero-order valence-corrected chi connectivity index (χ0v) is 14.7. The fraction of sp³-hybridized carbons (Fsp3) is 0.286. The second-order valence-corrected chi connectivity index (χ2v) is 9.77. The van der Waals surface area contributed by atoms with Crippen molar-refractivity contribution in [3.05, 3.63) is 47.5 Å². The Morgan fingerprint density at radius 3 is 2.08 bits per heavy atom. The smallest absolute Gasteiger partial charge is 0.307 e. The molecule has 2 bridgehead atoms. The standard InChI is InChI=1S/C14H12F4O5P2/c1-21-24(19)13(15,16)10-7-9-5-3-4-6-11(9)12(8-10)14(17,18)25(20,22-2)23-24/h3-8H,1-2H3. The normalized spacial score (nSPS) is 30.6. The molecule has 0 amide bonds. The highest BCUT2D eigenvalue weighted by Crippen LogP contribution is 2.81. The summed E-state index contributed by atoms with van der Waals surface area (Å²) in [6.07, 6.45) is 0. The molecular formula is C14H12F4O5P2. The van der Waals surface area contributed by atoms with Crippen molar-refractivity contribution >= 4 is 26.0 Å². The summed E-state index contributed by atoms with van der Waals surface area (Å²) >= 11 is 0. The van der Waals surface area contributed by atoms with E-state index in [1.165, 1.54) is 24.3 Å². The highest BCUT2D eigenvalue weighted by atomic mass is 31.3. The van der Waals surface area contributed by atoms with Crippen LogP contribution in [0.3, 0.4) is 0 Å². The number of benzene rings is 2. The Labute approximate surface area is 139 Å². The summed E-state index contributed by atoms with van der Waals surface area (Å²) in [6.45, 7) is 0. The quantitative estimate of drug-likeness (QED) is 0.484. The molecule has 1 aliphatic rings. The third-order valence-corrected chi connectivity index (χ3v) is 8.47. The van der Waals surface area contributed by atoms with Crippen LogP contribution >= 0.6 is 15.2 Å². The lowest BCUT2D eigenvalue weighted by molar-refractivity contribution is 0.0263. The van der Waals surface area contributed by atoms with Gasteiger partial charge in [-0.15, -0.1) is 0 Å². The lowest BCUT2D eigenvalue weighted by Crippen LogP contribution is -2.26. The number of hydrogen-bond acceptors (Lipinski definition) is 5. The molecule has 5 nitrogen and oxygen atoms in total. The van der Waals surface area contributed by atoms with Crippen molar-refractivity contribution in [3.63, 3.8) is 0 Å². The van der Waals surface area contributed by atoms with E-state index in [-0.39, 0.29) is 10.8 Å². The molecule has 0 aromatic heterocycles. The van der Waals surface area contributed by atoms with Gasteiger partial charge in [0.15, 0.2) is 0 Å². The van der Waals surface area contributed by atoms with Crippen LogP contribution in [0.5, 0.6) is 0 Å². The van der Waals surface area contributed by atoms with Crippen LogP contribution in [0.15, 0.2) is 36.4 Å². The summed E-state index contributed by atoms with van der Waals surface area (Å²) in [4.78, 5) is 0. The summed E-state index contributed by atoms with van der Waals surface area (Å²) in [5, 5.41) is -0.0800. The minimum absolute atomic E-state index is 0.0292. The predicted octanol–water partition coefficient (Wildman–Crippen LogP) is 5.65. The van der Waals surface area contributed by atoms with Crippen molar-refractivity contribution < 1.29 is 40.0 Å². The maximum absolute atomic E-state index is 14.9. The summed E-state index contributed by atoms with van der Waals surface area (Å²) in [5.74, 6) is 0. The predicted molar refractivity (Wildman–Crippen MR) is 82.1 cm³/mol. The Hall–Kier alpha value is -1.24. The van der Waals surface area contributed by atoms with Crippen molar-refractivity contribution in [1.29, 1.82) is 0 Å². The minimum atomic E-state index is -5.60. The van der Waals surface area contributed by atoms with E-state index in [1.54, 1.807) is 0 Å². The SMILES string of the molecule is COP1(=O)OP(=O)(OC)C(F)(F)c2cc(cc3ccccc23)C1(F)F. The maximum atomic E-state index is 14.9. The van der Waals surface area contributed by atoms with E-state index in [9.17, 15) is 26.7 Å². The molecule has 2 unspecified atom stereocenters. The largest absolute Gasteiger partial charge is 0.411 e. The molecule has 3 rings (SSSR count). The van der Waals surface area contributed by atoms with Gasteiger partial charge in [-0.05, 0) is 22.9 Å². The van der Waals surface area contributed by atoms with Gasteiger partial charge >= 0.3 is 26.5 Å². The monoisotopic (exact) mass is 398 g/mol. The second-order valence-electron chi connectivity index (χ2n) is 5.27. The van der Waals surface area contributed by atoms with Gasteiger partial charge in [0.1, 0.15) is 0 Å². The molecule has 1 heterocycles. The van der Waals surface area contributed by atoms with Gasteiger partial charge in [0.2, 0.25) is 0 Å². The molecule has 2 aromatic rings. The Morgan fingerprint density at radius 1 is 0.920 bits per heavy atom. The molecule has 25 heavy (non-hydrogen) atoms. The second kappa shape index (κ2) is 5.63. The molecule has 11 heteroatoms. The molecule has 0 saturated carbocycles. The van der Waals surface area contributed by atoms with Crippen molar-refractivity contribution in [2.75, 3.05) is 14.2 Å². The lowest BCUT2D eigenvalue weighted by Gasteiger charge is -2.34. The van der Waals surface area contributed by atoms with Crippen LogP contribution in [0.2, 0.25) is 0 Å². The Morgan fingerprint density at radius 2 is 1.48 bits per heavy atom. The topological polar surface area (TPSA) is 61.8 Å². The fourth-order valence-electron chi connectivity index (χ4n) is 2.58. The molecule has 136 valence electrons. The van der Waals surface area contributed by atoms with Crippen LogP contribution < -0.4 is 0 Å². The van der Waals surface area contributed by atoms with Crippen molar-refractivity contribution in [3.8, 4) is 0 Å². The third kappa shape index (κ3) is 2.41. The van der Waals surface area contributed by atoms with Crippen LogP contribution in [0, 0.1) is 0 Å². The van der Waals surface area contributed by atoms with Crippen molar-refractivity contribution in [2.45, 2.75) is 11.3 Å². The van der Waals surface area contributed by atoms with Gasteiger partial charge in [0.25, 0.3) is 0 Å². The molecule has 2 atom stereocenters. The number of fused-ring (bicyclic) bond motifs is 4. The van der Waals surface area contributed by atoms with Crippen LogP contribution in [0.1, 0.15) is 11.1 Å². The van der Waals surface area contributed by atoms with E-state index in [0.717, 1.165) is 6.07 Å². The van der Waals surface area contributed by atoms with E-state index < -0.39 is 37.6 Å². The first-order valence-corrected chi connectivity index (χ1v) is 9.93. The lowest BCUT2D eigenvalue weighted by atomic mass is 10.0. The van der Waals surface area contributed by atoms with Crippen LogP contribution in [-0.2, 0) is 33.8 Å². The van der Waals surface area contributed by atoms with E-state index in [0.29, 0.717) is 20.3 Å². The maximum Gasteiger partial charge on any atom is 0.411 e. The summed E-state index contributed by atoms with van der Waals surface area (Å²) in [7, 11) is -9.99.